The van der Waals surface area contributed by atoms with Gasteiger partial charge in [0.1, 0.15) is 5.56 Å². The number of benzene rings is 1. The van der Waals surface area contributed by atoms with E-state index in [2.05, 4.69) is 0 Å². The number of fused-ring (bicyclic) bond motifs is 1. The summed E-state index contributed by atoms with van der Waals surface area (Å²) in [5.41, 5.74) is 0.297. The Hall–Kier alpha value is -2.24. The van der Waals surface area contributed by atoms with E-state index in [0.29, 0.717) is 5.56 Å². The van der Waals surface area contributed by atoms with Crippen molar-refractivity contribution < 1.29 is 14.5 Å². The van der Waals surface area contributed by atoms with Gasteiger partial charge < -0.3 is 0 Å². The van der Waals surface area contributed by atoms with Crippen LogP contribution in [0.15, 0.2) is 12.1 Å². The fraction of sp³-hybridized carbons (Fsp3) is 0.200. The molecule has 16 heavy (non-hydrogen) atoms. The topological polar surface area (TPSA) is 80.5 Å². The quantitative estimate of drug-likeness (QED) is 0.403. The average Bonchev–Trinajstić information content (AvgIpc) is 2.45. The minimum Gasteiger partial charge on any atom is -0.277 e. The molecule has 0 saturated heterocycles. The van der Waals surface area contributed by atoms with Gasteiger partial charge in [-0.05, 0) is 12.5 Å². The molecule has 1 aromatic rings. The second-order valence-corrected chi connectivity index (χ2v) is 3.58. The first-order valence-corrected chi connectivity index (χ1v) is 4.55. The SMILES string of the molecule is Cc1ccc([N+](=O)[O-])c2c1C(=O)N(C)C2=O. The van der Waals surface area contributed by atoms with Crippen molar-refractivity contribution >= 4 is 17.5 Å². The third-order valence-corrected chi connectivity index (χ3v) is 2.63. The fourth-order valence-electron chi connectivity index (χ4n) is 1.77. The normalized spacial score (nSPS) is 14.2. The van der Waals surface area contributed by atoms with Crippen LogP contribution in [0.3, 0.4) is 0 Å². The predicted octanol–water partition coefficient (Wildman–Crippen LogP) is 1.13. The van der Waals surface area contributed by atoms with Gasteiger partial charge in [0.15, 0.2) is 0 Å². The summed E-state index contributed by atoms with van der Waals surface area (Å²) < 4.78 is 0. The molecule has 0 aromatic heterocycles. The van der Waals surface area contributed by atoms with E-state index in [1.54, 1.807) is 6.92 Å². The molecule has 0 aliphatic carbocycles. The van der Waals surface area contributed by atoms with Crippen molar-refractivity contribution in [3.8, 4) is 0 Å². The summed E-state index contributed by atoms with van der Waals surface area (Å²) in [5, 5.41) is 10.8. The molecule has 0 fully saturated rings. The molecule has 0 saturated carbocycles. The van der Waals surface area contributed by atoms with Crippen LogP contribution in [0.5, 0.6) is 0 Å². The van der Waals surface area contributed by atoms with Crippen LogP contribution in [-0.2, 0) is 0 Å². The number of carbonyl (C=O) groups is 2. The zero-order chi connectivity index (χ0) is 12.0. The molecular weight excluding hydrogens is 212 g/mol. The maximum absolute atomic E-state index is 11.7. The Labute approximate surface area is 90.6 Å². The van der Waals surface area contributed by atoms with Gasteiger partial charge in [-0.1, -0.05) is 6.07 Å². The lowest BCUT2D eigenvalue weighted by Gasteiger charge is -2.03. The number of carbonyl (C=O) groups excluding carboxylic acids is 2. The molecule has 6 heteroatoms. The maximum Gasteiger partial charge on any atom is 0.283 e. The van der Waals surface area contributed by atoms with Crippen LogP contribution in [0, 0.1) is 17.0 Å². The number of hydrogen-bond acceptors (Lipinski definition) is 4. The summed E-state index contributed by atoms with van der Waals surface area (Å²) in [7, 11) is 1.31. The smallest absolute Gasteiger partial charge is 0.277 e. The van der Waals surface area contributed by atoms with Crippen LogP contribution in [0.4, 0.5) is 5.69 Å². The molecule has 0 spiro atoms. The molecule has 6 nitrogen and oxygen atoms in total. The minimum atomic E-state index is -0.650. The maximum atomic E-state index is 11.7. The summed E-state index contributed by atoms with van der Waals surface area (Å²) in [6.45, 7) is 1.65. The molecule has 0 N–H and O–H groups in total. The lowest BCUT2D eigenvalue weighted by Crippen LogP contribution is -2.24. The lowest BCUT2D eigenvalue weighted by molar-refractivity contribution is -0.385. The highest BCUT2D eigenvalue weighted by atomic mass is 16.6. The van der Waals surface area contributed by atoms with Gasteiger partial charge in [-0.25, -0.2) is 0 Å². The van der Waals surface area contributed by atoms with E-state index in [9.17, 15) is 19.7 Å². The van der Waals surface area contributed by atoms with Crippen molar-refractivity contribution in [3.05, 3.63) is 38.9 Å². The zero-order valence-electron chi connectivity index (χ0n) is 8.68. The second kappa shape index (κ2) is 3.13. The molecule has 1 aromatic carbocycles. The van der Waals surface area contributed by atoms with E-state index in [1.165, 1.54) is 19.2 Å². The first-order chi connectivity index (χ1) is 7.45. The summed E-state index contributed by atoms with van der Waals surface area (Å²) in [5.74, 6) is -1.10. The molecule has 82 valence electrons. The van der Waals surface area contributed by atoms with Crippen LogP contribution in [-0.4, -0.2) is 28.7 Å². The zero-order valence-corrected chi connectivity index (χ0v) is 8.68. The third-order valence-electron chi connectivity index (χ3n) is 2.63. The highest BCUT2D eigenvalue weighted by Gasteiger charge is 2.39. The van der Waals surface area contributed by atoms with E-state index in [-0.39, 0.29) is 16.8 Å². The Kier molecular flexibility index (Phi) is 2.01. The number of hydrogen-bond donors (Lipinski definition) is 0. The van der Waals surface area contributed by atoms with Crippen molar-refractivity contribution in [2.45, 2.75) is 6.92 Å². The largest absolute Gasteiger partial charge is 0.283 e. The minimum absolute atomic E-state index is 0.0995. The van der Waals surface area contributed by atoms with Crippen LogP contribution < -0.4 is 0 Å². The van der Waals surface area contributed by atoms with E-state index in [4.69, 9.17) is 0 Å². The highest BCUT2D eigenvalue weighted by molar-refractivity contribution is 6.23. The van der Waals surface area contributed by atoms with E-state index < -0.39 is 16.7 Å². The first kappa shape index (κ1) is 10.3. The molecule has 0 bridgehead atoms. The molecule has 1 heterocycles. The van der Waals surface area contributed by atoms with Crippen molar-refractivity contribution in [1.82, 2.24) is 4.90 Å². The Morgan fingerprint density at radius 1 is 1.19 bits per heavy atom. The van der Waals surface area contributed by atoms with Crippen molar-refractivity contribution in [1.29, 1.82) is 0 Å². The number of amides is 2. The monoisotopic (exact) mass is 220 g/mol. The average molecular weight is 220 g/mol. The Balaban J connectivity index is 2.82. The van der Waals surface area contributed by atoms with E-state index >= 15 is 0 Å². The lowest BCUT2D eigenvalue weighted by atomic mass is 10.0. The van der Waals surface area contributed by atoms with Gasteiger partial charge in [0.05, 0.1) is 10.5 Å². The summed E-state index contributed by atoms with van der Waals surface area (Å²) >= 11 is 0. The van der Waals surface area contributed by atoms with E-state index in [0.717, 1.165) is 4.90 Å². The molecular formula is C10H8N2O4. The summed E-state index contributed by atoms with van der Waals surface area (Å²) in [6.07, 6.45) is 0. The Morgan fingerprint density at radius 3 is 2.31 bits per heavy atom. The molecule has 0 radical (unpaired) electrons. The molecule has 2 amide bonds. The van der Waals surface area contributed by atoms with Gasteiger partial charge in [0.25, 0.3) is 17.5 Å². The number of rotatable bonds is 1. The van der Waals surface area contributed by atoms with Crippen LogP contribution in [0.25, 0.3) is 0 Å². The van der Waals surface area contributed by atoms with Crippen molar-refractivity contribution in [2.75, 3.05) is 7.05 Å². The van der Waals surface area contributed by atoms with Crippen LogP contribution in [0.2, 0.25) is 0 Å². The van der Waals surface area contributed by atoms with Gasteiger partial charge in [-0.15, -0.1) is 0 Å². The second-order valence-electron chi connectivity index (χ2n) is 3.58. The Bertz CT molecular complexity index is 536. The molecule has 1 aliphatic rings. The van der Waals surface area contributed by atoms with Crippen molar-refractivity contribution in [3.63, 3.8) is 0 Å². The van der Waals surface area contributed by atoms with Gasteiger partial charge in [0, 0.05) is 13.1 Å². The standard InChI is InChI=1S/C10H8N2O4/c1-5-3-4-6(12(15)16)8-7(5)9(13)11(2)10(8)14/h3-4H,1-2H3. The number of aryl methyl sites for hydroxylation is 1. The van der Waals surface area contributed by atoms with Gasteiger partial charge in [0.2, 0.25) is 0 Å². The fourth-order valence-corrected chi connectivity index (χ4v) is 1.77. The van der Waals surface area contributed by atoms with Gasteiger partial charge >= 0.3 is 0 Å². The molecule has 2 rings (SSSR count). The Morgan fingerprint density at radius 2 is 1.75 bits per heavy atom. The van der Waals surface area contributed by atoms with Crippen LogP contribution >= 0.6 is 0 Å². The molecule has 1 aliphatic heterocycles. The third kappa shape index (κ3) is 1.13. The van der Waals surface area contributed by atoms with Gasteiger partial charge in [-0.3, -0.25) is 24.6 Å². The molecule has 0 unspecified atom stereocenters. The van der Waals surface area contributed by atoms with Crippen LogP contribution in [0.1, 0.15) is 26.3 Å². The van der Waals surface area contributed by atoms with Gasteiger partial charge in [-0.2, -0.15) is 0 Å². The first-order valence-electron chi connectivity index (χ1n) is 4.55. The number of imide groups is 1. The predicted molar refractivity (Wildman–Crippen MR) is 54.3 cm³/mol. The number of nitro groups is 1. The van der Waals surface area contributed by atoms with E-state index in [1.807, 2.05) is 0 Å². The molecule has 0 atom stereocenters. The number of nitro benzene ring substituents is 1. The van der Waals surface area contributed by atoms with Crippen molar-refractivity contribution in [2.24, 2.45) is 0 Å². The number of nitrogens with zero attached hydrogens (tertiary/aromatic N) is 2. The summed E-state index contributed by atoms with van der Waals surface area (Å²) in [6, 6.07) is 2.72. The summed E-state index contributed by atoms with van der Waals surface area (Å²) in [4.78, 5) is 34.4. The highest BCUT2D eigenvalue weighted by Crippen LogP contribution is 2.32.